The summed E-state index contributed by atoms with van der Waals surface area (Å²) in [6.45, 7) is 12.3. The van der Waals surface area contributed by atoms with Gasteiger partial charge in [0.15, 0.2) is 0 Å². The van der Waals surface area contributed by atoms with Crippen LogP contribution >= 0.6 is 0 Å². The Hall–Kier alpha value is -0.820. The van der Waals surface area contributed by atoms with E-state index in [9.17, 15) is 0 Å². The number of rotatable bonds is 6. The fraction of sp³-hybridized carbons (Fsp3) is 0.625. The second-order valence-electron chi connectivity index (χ2n) is 5.81. The van der Waals surface area contributed by atoms with Gasteiger partial charge >= 0.3 is 0 Å². The molecule has 0 aromatic heterocycles. The van der Waals surface area contributed by atoms with E-state index in [0.717, 1.165) is 12.5 Å². The van der Waals surface area contributed by atoms with Crippen molar-refractivity contribution in [3.05, 3.63) is 35.4 Å². The Labute approximate surface area is 107 Å². The van der Waals surface area contributed by atoms with Crippen molar-refractivity contribution in [2.45, 2.75) is 59.5 Å². The number of hydrogen-bond donors (Lipinski definition) is 1. The van der Waals surface area contributed by atoms with Gasteiger partial charge in [0.25, 0.3) is 0 Å². The van der Waals surface area contributed by atoms with E-state index < -0.39 is 0 Å². The third-order valence-corrected chi connectivity index (χ3v) is 3.13. The molecule has 0 aliphatic rings. The molecule has 0 amide bonds. The van der Waals surface area contributed by atoms with E-state index in [1.54, 1.807) is 0 Å². The summed E-state index contributed by atoms with van der Waals surface area (Å²) in [6.07, 6.45) is 1.24. The molecule has 1 nitrogen and oxygen atoms in total. The Morgan fingerprint density at radius 2 is 1.53 bits per heavy atom. The smallest absolute Gasteiger partial charge is 0.0207 e. The predicted octanol–water partition coefficient (Wildman–Crippen LogP) is 4.33. The minimum absolute atomic E-state index is 0.597. The largest absolute Gasteiger partial charge is 0.310 e. The molecule has 1 unspecified atom stereocenters. The molecule has 17 heavy (non-hydrogen) atoms. The standard InChI is InChI=1S/C16H27N/c1-12(2)10-14(5)17-11-15-6-8-16(9-7-15)13(3)4/h6-9,12-14,17H,10-11H2,1-5H3. The zero-order valence-corrected chi connectivity index (χ0v) is 12.0. The highest BCUT2D eigenvalue weighted by atomic mass is 14.9. The SMILES string of the molecule is CC(C)CC(C)NCc1ccc(C(C)C)cc1. The van der Waals surface area contributed by atoms with Gasteiger partial charge in [0, 0.05) is 12.6 Å². The van der Waals surface area contributed by atoms with Gasteiger partial charge in [-0.1, -0.05) is 52.0 Å². The molecule has 1 atom stereocenters. The zero-order valence-electron chi connectivity index (χ0n) is 12.0. The Morgan fingerprint density at radius 1 is 0.941 bits per heavy atom. The van der Waals surface area contributed by atoms with Gasteiger partial charge in [0.2, 0.25) is 0 Å². The molecular formula is C16H27N. The summed E-state index contributed by atoms with van der Waals surface area (Å²) in [7, 11) is 0. The molecule has 0 aliphatic carbocycles. The molecule has 1 aromatic rings. The molecule has 0 radical (unpaired) electrons. The van der Waals surface area contributed by atoms with Crippen molar-refractivity contribution < 1.29 is 0 Å². The highest BCUT2D eigenvalue weighted by Gasteiger charge is 2.04. The van der Waals surface area contributed by atoms with Crippen LogP contribution in [0.2, 0.25) is 0 Å². The van der Waals surface area contributed by atoms with Crippen molar-refractivity contribution in [1.82, 2.24) is 5.32 Å². The lowest BCUT2D eigenvalue weighted by atomic mass is 10.0. The van der Waals surface area contributed by atoms with Crippen molar-refractivity contribution in [3.8, 4) is 0 Å². The molecule has 96 valence electrons. The highest BCUT2D eigenvalue weighted by molar-refractivity contribution is 5.24. The van der Waals surface area contributed by atoms with Gasteiger partial charge in [-0.25, -0.2) is 0 Å². The zero-order chi connectivity index (χ0) is 12.8. The van der Waals surface area contributed by atoms with E-state index in [0.29, 0.717) is 12.0 Å². The molecule has 0 aliphatic heterocycles. The quantitative estimate of drug-likeness (QED) is 0.771. The van der Waals surface area contributed by atoms with Gasteiger partial charge in [-0.15, -0.1) is 0 Å². The van der Waals surface area contributed by atoms with Crippen molar-refractivity contribution in [3.63, 3.8) is 0 Å². The van der Waals surface area contributed by atoms with Crippen LogP contribution in [0.3, 0.4) is 0 Å². The van der Waals surface area contributed by atoms with Crippen LogP contribution in [0.1, 0.15) is 58.1 Å². The maximum atomic E-state index is 3.58. The van der Waals surface area contributed by atoms with Gasteiger partial charge in [-0.05, 0) is 36.3 Å². The Kier molecular flexibility index (Phi) is 5.70. The van der Waals surface area contributed by atoms with Crippen molar-refractivity contribution in [2.75, 3.05) is 0 Å². The van der Waals surface area contributed by atoms with Crippen molar-refractivity contribution in [2.24, 2.45) is 5.92 Å². The van der Waals surface area contributed by atoms with Crippen LogP contribution in [0.25, 0.3) is 0 Å². The first-order valence-corrected chi connectivity index (χ1v) is 6.81. The summed E-state index contributed by atoms with van der Waals surface area (Å²) in [5.41, 5.74) is 2.80. The first kappa shape index (κ1) is 14.2. The van der Waals surface area contributed by atoms with E-state index in [1.165, 1.54) is 17.5 Å². The van der Waals surface area contributed by atoms with E-state index in [1.807, 2.05) is 0 Å². The number of benzene rings is 1. The molecule has 0 saturated heterocycles. The predicted molar refractivity (Wildman–Crippen MR) is 76.3 cm³/mol. The van der Waals surface area contributed by atoms with Gasteiger partial charge in [-0.2, -0.15) is 0 Å². The van der Waals surface area contributed by atoms with Crippen LogP contribution in [0, 0.1) is 5.92 Å². The first-order valence-electron chi connectivity index (χ1n) is 6.81. The summed E-state index contributed by atoms with van der Waals surface area (Å²) in [4.78, 5) is 0. The van der Waals surface area contributed by atoms with Gasteiger partial charge in [0.05, 0.1) is 0 Å². The monoisotopic (exact) mass is 233 g/mol. The fourth-order valence-electron chi connectivity index (χ4n) is 2.10. The fourth-order valence-corrected chi connectivity index (χ4v) is 2.10. The lowest BCUT2D eigenvalue weighted by Gasteiger charge is -2.16. The molecule has 0 saturated carbocycles. The molecule has 0 bridgehead atoms. The summed E-state index contributed by atoms with van der Waals surface area (Å²) >= 11 is 0. The molecule has 0 heterocycles. The lowest BCUT2D eigenvalue weighted by molar-refractivity contribution is 0.441. The van der Waals surface area contributed by atoms with Crippen LogP contribution in [-0.2, 0) is 6.54 Å². The highest BCUT2D eigenvalue weighted by Crippen LogP contribution is 2.14. The summed E-state index contributed by atoms with van der Waals surface area (Å²) in [6, 6.07) is 9.57. The maximum absolute atomic E-state index is 3.58. The van der Waals surface area contributed by atoms with Crippen LogP contribution in [0.5, 0.6) is 0 Å². The minimum atomic E-state index is 0.597. The van der Waals surface area contributed by atoms with Gasteiger partial charge in [0.1, 0.15) is 0 Å². The van der Waals surface area contributed by atoms with Crippen molar-refractivity contribution >= 4 is 0 Å². The number of nitrogens with one attached hydrogen (secondary N) is 1. The Morgan fingerprint density at radius 3 is 2.00 bits per heavy atom. The maximum Gasteiger partial charge on any atom is 0.0207 e. The van der Waals surface area contributed by atoms with E-state index in [-0.39, 0.29) is 0 Å². The molecule has 1 N–H and O–H groups in total. The molecule has 0 fully saturated rings. The normalized spacial score (nSPS) is 13.4. The molecule has 1 heteroatoms. The average molecular weight is 233 g/mol. The molecule has 0 spiro atoms. The topological polar surface area (TPSA) is 12.0 Å². The molecule has 1 rings (SSSR count). The Balaban J connectivity index is 2.42. The third kappa shape index (κ3) is 5.36. The van der Waals surface area contributed by atoms with Crippen LogP contribution in [0.4, 0.5) is 0 Å². The lowest BCUT2D eigenvalue weighted by Crippen LogP contribution is -2.26. The van der Waals surface area contributed by atoms with Crippen molar-refractivity contribution in [1.29, 1.82) is 0 Å². The minimum Gasteiger partial charge on any atom is -0.310 e. The van der Waals surface area contributed by atoms with E-state index >= 15 is 0 Å². The Bertz CT molecular complexity index is 311. The summed E-state index contributed by atoms with van der Waals surface area (Å²) in [5.74, 6) is 1.39. The summed E-state index contributed by atoms with van der Waals surface area (Å²) in [5, 5.41) is 3.58. The molecule has 1 aromatic carbocycles. The van der Waals surface area contributed by atoms with E-state index in [4.69, 9.17) is 0 Å². The van der Waals surface area contributed by atoms with E-state index in [2.05, 4.69) is 64.2 Å². The van der Waals surface area contributed by atoms with Crippen LogP contribution in [0.15, 0.2) is 24.3 Å². The average Bonchev–Trinajstić information content (AvgIpc) is 2.26. The summed E-state index contributed by atoms with van der Waals surface area (Å²) < 4.78 is 0. The van der Waals surface area contributed by atoms with Gasteiger partial charge < -0.3 is 5.32 Å². The van der Waals surface area contributed by atoms with Crippen LogP contribution < -0.4 is 5.32 Å². The second kappa shape index (κ2) is 6.80. The third-order valence-electron chi connectivity index (χ3n) is 3.13. The number of hydrogen-bond acceptors (Lipinski definition) is 1. The second-order valence-corrected chi connectivity index (χ2v) is 5.81. The van der Waals surface area contributed by atoms with Crippen LogP contribution in [-0.4, -0.2) is 6.04 Å². The molecular weight excluding hydrogens is 206 g/mol. The first-order chi connectivity index (χ1) is 7.99. The van der Waals surface area contributed by atoms with Gasteiger partial charge in [-0.3, -0.25) is 0 Å².